The van der Waals surface area contributed by atoms with Crippen LogP contribution in [-0.4, -0.2) is 12.1 Å². The first-order valence-electron chi connectivity index (χ1n) is 5.86. The van der Waals surface area contributed by atoms with Crippen LogP contribution in [0.1, 0.15) is 51.4 Å². The molecule has 0 spiro atoms. The monoisotopic (exact) mass is 179 g/mol. The van der Waals surface area contributed by atoms with Gasteiger partial charge in [-0.15, -0.1) is 0 Å². The average Bonchev–Trinajstić information content (AvgIpc) is 2.21. The Morgan fingerprint density at radius 2 is 1.69 bits per heavy atom. The Kier molecular flexibility index (Phi) is 3.42. The molecule has 74 valence electrons. The van der Waals surface area contributed by atoms with Crippen molar-refractivity contribution in [2.75, 3.05) is 0 Å². The molecule has 1 N–H and O–H groups in total. The quantitative estimate of drug-likeness (QED) is 0.642. The maximum atomic E-state index is 3.81. The van der Waals surface area contributed by atoms with Crippen LogP contribution in [0.5, 0.6) is 0 Å². The predicted octanol–water partition coefficient (Wildman–Crippen LogP) is 3.02. The smallest absolute Gasteiger partial charge is 0.0107 e. The largest absolute Gasteiger partial charge is 0.311 e. The molecule has 0 aliphatic heterocycles. The molecule has 1 unspecified atom stereocenters. The fourth-order valence-corrected chi connectivity index (χ4v) is 2.55. The summed E-state index contributed by atoms with van der Waals surface area (Å²) in [6.07, 6.45) is 15.7. The van der Waals surface area contributed by atoms with Gasteiger partial charge in [0.05, 0.1) is 0 Å². The molecule has 1 nitrogen and oxygen atoms in total. The number of rotatable bonds is 2. The van der Waals surface area contributed by atoms with Crippen LogP contribution in [-0.2, 0) is 0 Å². The summed E-state index contributed by atoms with van der Waals surface area (Å²) in [6, 6.07) is 1.62. The van der Waals surface area contributed by atoms with Gasteiger partial charge < -0.3 is 5.32 Å². The van der Waals surface area contributed by atoms with E-state index in [-0.39, 0.29) is 0 Å². The highest BCUT2D eigenvalue weighted by molar-refractivity contribution is 4.94. The van der Waals surface area contributed by atoms with E-state index < -0.39 is 0 Å². The van der Waals surface area contributed by atoms with Crippen LogP contribution in [0, 0.1) is 0 Å². The molecule has 2 rings (SSSR count). The van der Waals surface area contributed by atoms with Gasteiger partial charge in [-0.25, -0.2) is 0 Å². The van der Waals surface area contributed by atoms with Crippen molar-refractivity contribution in [1.29, 1.82) is 0 Å². The summed E-state index contributed by atoms with van der Waals surface area (Å²) in [5, 5.41) is 3.81. The zero-order valence-electron chi connectivity index (χ0n) is 8.47. The third-order valence-corrected chi connectivity index (χ3v) is 3.35. The van der Waals surface area contributed by atoms with Crippen molar-refractivity contribution in [2.24, 2.45) is 0 Å². The van der Waals surface area contributed by atoms with E-state index in [0.717, 1.165) is 12.1 Å². The summed E-state index contributed by atoms with van der Waals surface area (Å²) in [6.45, 7) is 0. The van der Waals surface area contributed by atoms with Crippen LogP contribution in [0.25, 0.3) is 0 Å². The van der Waals surface area contributed by atoms with Crippen molar-refractivity contribution in [3.63, 3.8) is 0 Å². The van der Waals surface area contributed by atoms with Crippen molar-refractivity contribution < 1.29 is 0 Å². The first-order chi connectivity index (χ1) is 6.45. The molecule has 2 aliphatic carbocycles. The Hall–Kier alpha value is -0.300. The summed E-state index contributed by atoms with van der Waals surface area (Å²) in [7, 11) is 0. The molecule has 1 saturated carbocycles. The van der Waals surface area contributed by atoms with Crippen LogP contribution >= 0.6 is 0 Å². The van der Waals surface area contributed by atoms with E-state index in [1.54, 1.807) is 0 Å². The molecule has 0 radical (unpaired) electrons. The maximum Gasteiger partial charge on any atom is 0.0107 e. The van der Waals surface area contributed by atoms with Crippen molar-refractivity contribution in [3.8, 4) is 0 Å². The third-order valence-electron chi connectivity index (χ3n) is 3.35. The fourth-order valence-electron chi connectivity index (χ4n) is 2.55. The van der Waals surface area contributed by atoms with Gasteiger partial charge in [0.15, 0.2) is 0 Å². The number of hydrogen-bond donors (Lipinski definition) is 1. The number of hydrogen-bond acceptors (Lipinski definition) is 1. The first-order valence-corrected chi connectivity index (χ1v) is 5.86. The Bertz CT molecular complexity index is 168. The normalized spacial score (nSPS) is 30.6. The second-order valence-corrected chi connectivity index (χ2v) is 4.48. The van der Waals surface area contributed by atoms with Gasteiger partial charge in [0.2, 0.25) is 0 Å². The minimum Gasteiger partial charge on any atom is -0.311 e. The Balaban J connectivity index is 1.72. The number of nitrogens with one attached hydrogen (secondary N) is 1. The van der Waals surface area contributed by atoms with Crippen molar-refractivity contribution in [1.82, 2.24) is 5.32 Å². The third kappa shape index (κ3) is 2.84. The molecule has 13 heavy (non-hydrogen) atoms. The van der Waals surface area contributed by atoms with E-state index in [0.29, 0.717) is 0 Å². The lowest BCUT2D eigenvalue weighted by molar-refractivity contribution is 0.325. The summed E-state index contributed by atoms with van der Waals surface area (Å²) >= 11 is 0. The van der Waals surface area contributed by atoms with E-state index in [9.17, 15) is 0 Å². The number of allylic oxidation sites excluding steroid dienone is 1. The van der Waals surface area contributed by atoms with Gasteiger partial charge in [0.1, 0.15) is 0 Å². The van der Waals surface area contributed by atoms with Gasteiger partial charge >= 0.3 is 0 Å². The molecule has 0 saturated heterocycles. The minimum absolute atomic E-state index is 0.785. The van der Waals surface area contributed by atoms with E-state index in [1.807, 2.05) is 0 Å². The summed E-state index contributed by atoms with van der Waals surface area (Å²) in [5.74, 6) is 0. The lowest BCUT2D eigenvalue weighted by Gasteiger charge is -2.29. The molecule has 0 bridgehead atoms. The van der Waals surface area contributed by atoms with Crippen LogP contribution in [0.3, 0.4) is 0 Å². The SMILES string of the molecule is C1=CCC(NC2CCCCC2)CC1. The molecule has 1 heteroatoms. The molecule has 0 aromatic carbocycles. The molecule has 0 amide bonds. The molecule has 1 fully saturated rings. The maximum absolute atomic E-state index is 3.81. The lowest BCUT2D eigenvalue weighted by atomic mass is 9.93. The van der Waals surface area contributed by atoms with Gasteiger partial charge in [0.25, 0.3) is 0 Å². The van der Waals surface area contributed by atoms with Crippen LogP contribution in [0.2, 0.25) is 0 Å². The van der Waals surface area contributed by atoms with Crippen LogP contribution < -0.4 is 5.32 Å². The molecule has 0 aromatic rings. The van der Waals surface area contributed by atoms with Gasteiger partial charge in [-0.3, -0.25) is 0 Å². The topological polar surface area (TPSA) is 12.0 Å². The molecule has 2 aliphatic rings. The second kappa shape index (κ2) is 4.80. The fraction of sp³-hybridized carbons (Fsp3) is 0.833. The van der Waals surface area contributed by atoms with E-state index >= 15 is 0 Å². The van der Waals surface area contributed by atoms with E-state index in [2.05, 4.69) is 17.5 Å². The zero-order chi connectivity index (χ0) is 8.93. The minimum atomic E-state index is 0.785. The molecular weight excluding hydrogens is 158 g/mol. The predicted molar refractivity (Wildman–Crippen MR) is 56.8 cm³/mol. The molecular formula is C12H21N. The molecule has 1 atom stereocenters. The Labute approximate surface area is 81.6 Å². The highest BCUT2D eigenvalue weighted by Crippen LogP contribution is 2.20. The van der Waals surface area contributed by atoms with E-state index in [1.165, 1.54) is 51.4 Å². The summed E-state index contributed by atoms with van der Waals surface area (Å²) in [5.41, 5.74) is 0. The van der Waals surface area contributed by atoms with Crippen molar-refractivity contribution >= 4 is 0 Å². The average molecular weight is 179 g/mol. The van der Waals surface area contributed by atoms with Crippen molar-refractivity contribution in [2.45, 2.75) is 63.5 Å². The van der Waals surface area contributed by atoms with Gasteiger partial charge in [-0.1, -0.05) is 31.4 Å². The van der Waals surface area contributed by atoms with Gasteiger partial charge in [-0.05, 0) is 32.1 Å². The highest BCUT2D eigenvalue weighted by Gasteiger charge is 2.17. The lowest BCUT2D eigenvalue weighted by Crippen LogP contribution is -2.39. The zero-order valence-corrected chi connectivity index (χ0v) is 8.47. The van der Waals surface area contributed by atoms with E-state index in [4.69, 9.17) is 0 Å². The van der Waals surface area contributed by atoms with Crippen LogP contribution in [0.4, 0.5) is 0 Å². The first kappa shape index (κ1) is 9.26. The highest BCUT2D eigenvalue weighted by atomic mass is 14.9. The Morgan fingerprint density at radius 1 is 0.846 bits per heavy atom. The van der Waals surface area contributed by atoms with Crippen LogP contribution in [0.15, 0.2) is 12.2 Å². The van der Waals surface area contributed by atoms with Crippen molar-refractivity contribution in [3.05, 3.63) is 12.2 Å². The second-order valence-electron chi connectivity index (χ2n) is 4.48. The van der Waals surface area contributed by atoms with Gasteiger partial charge in [0, 0.05) is 12.1 Å². The Morgan fingerprint density at radius 3 is 2.38 bits per heavy atom. The standard InChI is InChI=1S/C12H21N/c1-3-7-11(8-4-1)13-12-9-5-2-6-10-12/h1,3,11-13H,2,4-10H2. The molecule has 0 aromatic heterocycles. The molecule has 0 heterocycles. The summed E-state index contributed by atoms with van der Waals surface area (Å²) in [4.78, 5) is 0. The summed E-state index contributed by atoms with van der Waals surface area (Å²) < 4.78 is 0. The van der Waals surface area contributed by atoms with Gasteiger partial charge in [-0.2, -0.15) is 0 Å².